The van der Waals surface area contributed by atoms with Gasteiger partial charge >= 0.3 is 0 Å². The van der Waals surface area contributed by atoms with Crippen LogP contribution in [0.15, 0.2) is 47.4 Å². The fraction of sp³-hybridized carbons (Fsp3) is 0.263. The SMILES string of the molecule is CC(=O)c1ccc(NC(=O)CN2CC(c3nc(-c4cnccn4)no3)C2)cc1. The Morgan fingerprint density at radius 1 is 1.21 bits per heavy atom. The van der Waals surface area contributed by atoms with Crippen LogP contribution in [-0.4, -0.2) is 56.3 Å². The molecule has 0 saturated carbocycles. The minimum Gasteiger partial charge on any atom is -0.339 e. The lowest BCUT2D eigenvalue weighted by Crippen LogP contribution is -2.48. The maximum Gasteiger partial charge on any atom is 0.238 e. The van der Waals surface area contributed by atoms with Crippen molar-refractivity contribution in [2.45, 2.75) is 12.8 Å². The Kier molecular flexibility index (Phi) is 4.90. The highest BCUT2D eigenvalue weighted by Gasteiger charge is 2.33. The second-order valence-electron chi connectivity index (χ2n) is 6.62. The first-order valence-electron chi connectivity index (χ1n) is 8.81. The quantitative estimate of drug-likeness (QED) is 0.646. The number of rotatable bonds is 6. The Morgan fingerprint density at radius 3 is 2.68 bits per heavy atom. The average Bonchev–Trinajstić information content (AvgIpc) is 3.15. The average molecular weight is 378 g/mol. The summed E-state index contributed by atoms with van der Waals surface area (Å²) in [5.41, 5.74) is 1.84. The highest BCUT2D eigenvalue weighted by Crippen LogP contribution is 2.26. The number of ketones is 1. The van der Waals surface area contributed by atoms with E-state index in [-0.39, 0.29) is 24.2 Å². The van der Waals surface area contributed by atoms with Crippen LogP contribution in [0, 0.1) is 0 Å². The molecule has 0 aliphatic carbocycles. The van der Waals surface area contributed by atoms with Crippen LogP contribution >= 0.6 is 0 Å². The van der Waals surface area contributed by atoms with Gasteiger partial charge in [0.05, 0.1) is 18.7 Å². The van der Waals surface area contributed by atoms with Crippen LogP contribution in [0.2, 0.25) is 0 Å². The zero-order chi connectivity index (χ0) is 19.5. The predicted octanol–water partition coefficient (Wildman–Crippen LogP) is 1.77. The molecule has 4 rings (SSSR count). The Labute approximate surface area is 160 Å². The topological polar surface area (TPSA) is 114 Å². The van der Waals surface area contributed by atoms with Crippen LogP contribution in [0.1, 0.15) is 29.1 Å². The number of carbonyl (C=O) groups excluding carboxylic acids is 2. The molecule has 0 bridgehead atoms. The molecule has 1 aromatic carbocycles. The summed E-state index contributed by atoms with van der Waals surface area (Å²) >= 11 is 0. The van der Waals surface area contributed by atoms with E-state index in [1.165, 1.54) is 6.92 Å². The second-order valence-corrected chi connectivity index (χ2v) is 6.62. The molecule has 0 spiro atoms. The van der Waals surface area contributed by atoms with Crippen molar-refractivity contribution < 1.29 is 14.1 Å². The molecule has 28 heavy (non-hydrogen) atoms. The van der Waals surface area contributed by atoms with E-state index in [1.54, 1.807) is 42.9 Å². The number of nitrogens with zero attached hydrogens (tertiary/aromatic N) is 5. The highest BCUT2D eigenvalue weighted by molar-refractivity contribution is 5.96. The first-order valence-corrected chi connectivity index (χ1v) is 8.81. The van der Waals surface area contributed by atoms with Crippen molar-refractivity contribution in [3.8, 4) is 11.5 Å². The van der Waals surface area contributed by atoms with Gasteiger partial charge in [-0.2, -0.15) is 4.98 Å². The van der Waals surface area contributed by atoms with Crippen LogP contribution < -0.4 is 5.32 Å². The summed E-state index contributed by atoms with van der Waals surface area (Å²) in [7, 11) is 0. The van der Waals surface area contributed by atoms with E-state index in [2.05, 4.69) is 25.4 Å². The number of amides is 1. The zero-order valence-corrected chi connectivity index (χ0v) is 15.2. The standard InChI is InChI=1S/C19H18N6O3/c1-12(26)13-2-4-15(5-3-13)22-17(27)11-25-9-14(10-25)19-23-18(24-28-19)16-8-20-6-7-21-16/h2-8,14H,9-11H2,1H3,(H,22,27). The summed E-state index contributed by atoms with van der Waals surface area (Å²) in [5, 5.41) is 6.77. The molecule has 2 aromatic heterocycles. The molecule has 9 heteroatoms. The lowest BCUT2D eigenvalue weighted by atomic mass is 10.0. The van der Waals surface area contributed by atoms with E-state index in [0.29, 0.717) is 41.7 Å². The molecule has 1 amide bonds. The number of anilines is 1. The van der Waals surface area contributed by atoms with Crippen LogP contribution in [-0.2, 0) is 4.79 Å². The van der Waals surface area contributed by atoms with Crippen molar-refractivity contribution >= 4 is 17.4 Å². The molecule has 1 aliphatic heterocycles. The van der Waals surface area contributed by atoms with E-state index >= 15 is 0 Å². The smallest absolute Gasteiger partial charge is 0.238 e. The van der Waals surface area contributed by atoms with Gasteiger partial charge in [0.15, 0.2) is 5.78 Å². The summed E-state index contributed by atoms with van der Waals surface area (Å²) < 4.78 is 5.32. The Balaban J connectivity index is 1.27. The van der Waals surface area contributed by atoms with Crippen molar-refractivity contribution in [2.24, 2.45) is 0 Å². The van der Waals surface area contributed by atoms with Gasteiger partial charge in [0, 0.05) is 36.7 Å². The molecule has 3 heterocycles. The molecule has 1 saturated heterocycles. The number of carbonyl (C=O) groups is 2. The normalized spacial score (nSPS) is 14.5. The maximum absolute atomic E-state index is 12.2. The van der Waals surface area contributed by atoms with Crippen molar-refractivity contribution in [1.82, 2.24) is 25.0 Å². The van der Waals surface area contributed by atoms with Gasteiger partial charge in [-0.3, -0.25) is 19.5 Å². The molecule has 1 fully saturated rings. The van der Waals surface area contributed by atoms with Crippen molar-refractivity contribution in [3.05, 3.63) is 54.3 Å². The molecule has 9 nitrogen and oxygen atoms in total. The molecule has 1 aliphatic rings. The zero-order valence-electron chi connectivity index (χ0n) is 15.2. The fourth-order valence-corrected chi connectivity index (χ4v) is 2.97. The van der Waals surface area contributed by atoms with E-state index in [4.69, 9.17) is 4.52 Å². The monoisotopic (exact) mass is 378 g/mol. The van der Waals surface area contributed by atoms with Gasteiger partial charge in [0.2, 0.25) is 17.6 Å². The van der Waals surface area contributed by atoms with Crippen LogP contribution in [0.25, 0.3) is 11.5 Å². The lowest BCUT2D eigenvalue weighted by Gasteiger charge is -2.36. The fourth-order valence-electron chi connectivity index (χ4n) is 2.97. The van der Waals surface area contributed by atoms with Gasteiger partial charge in [-0.1, -0.05) is 5.16 Å². The lowest BCUT2D eigenvalue weighted by molar-refractivity contribution is -0.118. The van der Waals surface area contributed by atoms with Gasteiger partial charge in [0.1, 0.15) is 5.69 Å². The van der Waals surface area contributed by atoms with Gasteiger partial charge in [-0.15, -0.1) is 0 Å². The third kappa shape index (κ3) is 3.94. The summed E-state index contributed by atoms with van der Waals surface area (Å²) in [5.74, 6) is 0.929. The Hall–Kier alpha value is -3.46. The Bertz CT molecular complexity index is 980. The summed E-state index contributed by atoms with van der Waals surface area (Å²) in [6.45, 7) is 3.11. The van der Waals surface area contributed by atoms with Crippen LogP contribution in [0.4, 0.5) is 5.69 Å². The van der Waals surface area contributed by atoms with E-state index in [1.807, 2.05) is 4.90 Å². The van der Waals surface area contributed by atoms with E-state index in [9.17, 15) is 9.59 Å². The number of hydrogen-bond acceptors (Lipinski definition) is 8. The van der Waals surface area contributed by atoms with Gasteiger partial charge in [-0.05, 0) is 31.2 Å². The molecule has 0 atom stereocenters. The summed E-state index contributed by atoms with van der Waals surface area (Å²) in [6, 6.07) is 6.84. The third-order valence-electron chi connectivity index (χ3n) is 4.48. The molecule has 1 N–H and O–H groups in total. The van der Waals surface area contributed by atoms with Crippen LogP contribution in [0.5, 0.6) is 0 Å². The van der Waals surface area contributed by atoms with Gasteiger partial charge in [0.25, 0.3) is 0 Å². The molecule has 3 aromatic rings. The number of hydrogen-bond donors (Lipinski definition) is 1. The highest BCUT2D eigenvalue weighted by atomic mass is 16.5. The number of Topliss-reactive ketones (excluding diaryl/α,β-unsaturated/α-hetero) is 1. The maximum atomic E-state index is 12.2. The minimum absolute atomic E-state index is 0.00649. The van der Waals surface area contributed by atoms with Crippen molar-refractivity contribution in [1.29, 1.82) is 0 Å². The largest absolute Gasteiger partial charge is 0.339 e. The predicted molar refractivity (Wildman–Crippen MR) is 99.6 cm³/mol. The molecule has 0 unspecified atom stereocenters. The summed E-state index contributed by atoms with van der Waals surface area (Å²) in [6.07, 6.45) is 4.73. The van der Waals surface area contributed by atoms with Gasteiger partial charge in [-0.25, -0.2) is 4.98 Å². The molecular weight excluding hydrogens is 360 g/mol. The van der Waals surface area contributed by atoms with E-state index < -0.39 is 0 Å². The molecular formula is C19H18N6O3. The minimum atomic E-state index is -0.111. The van der Waals surface area contributed by atoms with E-state index in [0.717, 1.165) is 0 Å². The number of nitrogens with one attached hydrogen (secondary N) is 1. The van der Waals surface area contributed by atoms with Crippen molar-refractivity contribution in [2.75, 3.05) is 25.0 Å². The Morgan fingerprint density at radius 2 is 2.00 bits per heavy atom. The first-order chi connectivity index (χ1) is 13.6. The molecule has 142 valence electrons. The number of aromatic nitrogens is 4. The van der Waals surface area contributed by atoms with Gasteiger partial charge < -0.3 is 9.84 Å². The summed E-state index contributed by atoms with van der Waals surface area (Å²) in [4.78, 5) is 38.0. The number of likely N-dealkylation sites (tertiary alicyclic amines) is 1. The molecule has 0 radical (unpaired) electrons. The second kappa shape index (κ2) is 7.65. The van der Waals surface area contributed by atoms with Crippen LogP contribution in [0.3, 0.4) is 0 Å². The number of benzene rings is 1. The van der Waals surface area contributed by atoms with Crippen molar-refractivity contribution in [3.63, 3.8) is 0 Å². The third-order valence-corrected chi connectivity index (χ3v) is 4.48. The first kappa shape index (κ1) is 17.9.